The number of aromatic nitrogens is 1. The first-order valence-corrected chi connectivity index (χ1v) is 7.99. The Kier molecular flexibility index (Phi) is 4.54. The van der Waals surface area contributed by atoms with E-state index < -0.39 is 0 Å². The van der Waals surface area contributed by atoms with Crippen molar-refractivity contribution in [2.45, 2.75) is 37.3 Å². The topological polar surface area (TPSA) is 57.4 Å². The molecule has 0 bridgehead atoms. The number of aryl methyl sites for hydroxylation is 1. The standard InChI is InChI=1S/C16H27N5/c1-20-9-4-10-21(2)14(11-20)16(19-17)13-7-6-12-5-3-8-18-15(12)13/h3,5,8,13-14,16,19H,4,6-7,9-11,17H2,1-2H3. The van der Waals surface area contributed by atoms with Gasteiger partial charge in [0.2, 0.25) is 0 Å². The monoisotopic (exact) mass is 289 g/mol. The summed E-state index contributed by atoms with van der Waals surface area (Å²) in [5, 5.41) is 0. The summed E-state index contributed by atoms with van der Waals surface area (Å²) in [6, 6.07) is 4.93. The molecule has 1 aromatic heterocycles. The minimum absolute atomic E-state index is 0.256. The molecular formula is C16H27N5. The molecule has 0 amide bonds. The van der Waals surface area contributed by atoms with E-state index in [4.69, 9.17) is 5.84 Å². The Morgan fingerprint density at radius 1 is 1.38 bits per heavy atom. The number of pyridine rings is 1. The predicted octanol–water partition coefficient (Wildman–Crippen LogP) is 0.579. The lowest BCUT2D eigenvalue weighted by Crippen LogP contribution is -2.56. The van der Waals surface area contributed by atoms with E-state index in [1.165, 1.54) is 17.7 Å². The summed E-state index contributed by atoms with van der Waals surface area (Å²) in [5.41, 5.74) is 5.77. The van der Waals surface area contributed by atoms with Crippen molar-refractivity contribution in [2.75, 3.05) is 33.7 Å². The van der Waals surface area contributed by atoms with Gasteiger partial charge in [0.25, 0.3) is 0 Å². The van der Waals surface area contributed by atoms with Crippen molar-refractivity contribution in [3.63, 3.8) is 0 Å². The van der Waals surface area contributed by atoms with Crippen LogP contribution in [-0.2, 0) is 6.42 Å². The second-order valence-corrected chi connectivity index (χ2v) is 6.55. The fraction of sp³-hybridized carbons (Fsp3) is 0.688. The predicted molar refractivity (Wildman–Crippen MR) is 84.9 cm³/mol. The number of hydrogen-bond donors (Lipinski definition) is 2. The van der Waals surface area contributed by atoms with Crippen LogP contribution in [0.1, 0.15) is 30.0 Å². The molecule has 1 aliphatic heterocycles. The number of nitrogens with two attached hydrogens (primary N) is 1. The highest BCUT2D eigenvalue weighted by Gasteiger charge is 2.37. The SMILES string of the molecule is CN1CCCN(C)C(C(NN)C2CCc3cccnc32)C1. The third kappa shape index (κ3) is 2.97. The summed E-state index contributed by atoms with van der Waals surface area (Å²) in [7, 11) is 4.43. The highest BCUT2D eigenvalue weighted by Crippen LogP contribution is 2.35. The van der Waals surface area contributed by atoms with Crippen molar-refractivity contribution in [1.29, 1.82) is 0 Å². The van der Waals surface area contributed by atoms with E-state index in [-0.39, 0.29) is 6.04 Å². The molecule has 0 spiro atoms. The Morgan fingerprint density at radius 3 is 3.05 bits per heavy atom. The van der Waals surface area contributed by atoms with Crippen LogP contribution in [0.15, 0.2) is 18.3 Å². The van der Waals surface area contributed by atoms with Crippen molar-refractivity contribution < 1.29 is 0 Å². The molecule has 1 aliphatic carbocycles. The van der Waals surface area contributed by atoms with Crippen LogP contribution < -0.4 is 11.3 Å². The smallest absolute Gasteiger partial charge is 0.0483 e. The normalized spacial score (nSPS) is 29.1. The quantitative estimate of drug-likeness (QED) is 0.630. The Morgan fingerprint density at radius 2 is 2.24 bits per heavy atom. The van der Waals surface area contributed by atoms with Crippen LogP contribution >= 0.6 is 0 Å². The van der Waals surface area contributed by atoms with Crippen molar-refractivity contribution >= 4 is 0 Å². The van der Waals surface area contributed by atoms with Gasteiger partial charge in [-0.25, -0.2) is 0 Å². The van der Waals surface area contributed by atoms with Crippen molar-refractivity contribution in [3.8, 4) is 0 Å². The van der Waals surface area contributed by atoms with Gasteiger partial charge in [-0.1, -0.05) is 6.07 Å². The molecule has 0 aromatic carbocycles. The minimum atomic E-state index is 0.256. The van der Waals surface area contributed by atoms with Gasteiger partial charge in [0.15, 0.2) is 0 Å². The number of hydrazine groups is 1. The molecule has 2 heterocycles. The van der Waals surface area contributed by atoms with E-state index in [1.54, 1.807) is 0 Å². The number of rotatable bonds is 3. The number of hydrogen-bond acceptors (Lipinski definition) is 5. The van der Waals surface area contributed by atoms with Crippen molar-refractivity contribution in [1.82, 2.24) is 20.2 Å². The molecule has 1 aromatic rings. The molecule has 0 radical (unpaired) electrons. The maximum Gasteiger partial charge on any atom is 0.0483 e. The summed E-state index contributed by atoms with van der Waals surface area (Å²) in [6.45, 7) is 3.36. The van der Waals surface area contributed by atoms with Gasteiger partial charge in [0.05, 0.1) is 0 Å². The zero-order valence-electron chi connectivity index (χ0n) is 13.1. The molecule has 3 rings (SSSR count). The first-order chi connectivity index (χ1) is 10.2. The average Bonchev–Trinajstić information content (AvgIpc) is 2.83. The van der Waals surface area contributed by atoms with Gasteiger partial charge in [0.1, 0.15) is 0 Å². The third-order valence-electron chi connectivity index (χ3n) is 5.16. The van der Waals surface area contributed by atoms with E-state index in [0.29, 0.717) is 12.0 Å². The van der Waals surface area contributed by atoms with Crippen LogP contribution in [0, 0.1) is 0 Å². The Bertz CT molecular complexity index is 477. The van der Waals surface area contributed by atoms with Gasteiger partial charge < -0.3 is 9.80 Å². The van der Waals surface area contributed by atoms with Crippen LogP contribution in [0.3, 0.4) is 0 Å². The Hall–Kier alpha value is -1.01. The van der Waals surface area contributed by atoms with E-state index >= 15 is 0 Å². The lowest BCUT2D eigenvalue weighted by atomic mass is 9.90. The zero-order chi connectivity index (χ0) is 14.8. The first-order valence-electron chi connectivity index (χ1n) is 7.99. The molecule has 3 unspecified atom stereocenters. The summed E-state index contributed by atoms with van der Waals surface area (Å²) in [6.07, 6.45) is 5.40. The highest BCUT2D eigenvalue weighted by molar-refractivity contribution is 5.30. The number of likely N-dealkylation sites (N-methyl/N-ethyl adjacent to an activating group) is 2. The van der Waals surface area contributed by atoms with Crippen molar-refractivity contribution in [2.24, 2.45) is 5.84 Å². The highest BCUT2D eigenvalue weighted by atomic mass is 15.3. The molecule has 3 N–H and O–H groups in total. The van der Waals surface area contributed by atoms with Crippen molar-refractivity contribution in [3.05, 3.63) is 29.6 Å². The molecule has 2 aliphatic rings. The Labute approximate surface area is 127 Å². The van der Waals surface area contributed by atoms with Gasteiger partial charge in [-0.3, -0.25) is 16.3 Å². The summed E-state index contributed by atoms with van der Waals surface area (Å²) in [5.74, 6) is 6.40. The number of nitrogens with zero attached hydrogens (tertiary/aromatic N) is 3. The second kappa shape index (κ2) is 6.40. The Balaban J connectivity index is 1.84. The molecular weight excluding hydrogens is 262 g/mol. The van der Waals surface area contributed by atoms with Gasteiger partial charge in [-0.15, -0.1) is 0 Å². The molecule has 21 heavy (non-hydrogen) atoms. The van der Waals surface area contributed by atoms with E-state index in [0.717, 1.165) is 32.5 Å². The second-order valence-electron chi connectivity index (χ2n) is 6.55. The van der Waals surface area contributed by atoms with Gasteiger partial charge in [-0.05, 0) is 58.1 Å². The fourth-order valence-corrected chi connectivity index (χ4v) is 3.98. The largest absolute Gasteiger partial charge is 0.305 e. The molecule has 3 atom stereocenters. The van der Waals surface area contributed by atoms with Crippen LogP contribution in [0.2, 0.25) is 0 Å². The van der Waals surface area contributed by atoms with Gasteiger partial charge >= 0.3 is 0 Å². The summed E-state index contributed by atoms with van der Waals surface area (Å²) in [4.78, 5) is 9.53. The van der Waals surface area contributed by atoms with Gasteiger partial charge in [0, 0.05) is 36.4 Å². The number of nitrogens with one attached hydrogen (secondary N) is 1. The van der Waals surface area contributed by atoms with Crippen LogP contribution in [0.4, 0.5) is 0 Å². The van der Waals surface area contributed by atoms with Gasteiger partial charge in [-0.2, -0.15) is 0 Å². The first kappa shape index (κ1) is 14.9. The third-order valence-corrected chi connectivity index (χ3v) is 5.16. The fourth-order valence-electron chi connectivity index (χ4n) is 3.98. The van der Waals surface area contributed by atoms with Crippen LogP contribution in [-0.4, -0.2) is 60.6 Å². The molecule has 5 heteroatoms. The maximum absolute atomic E-state index is 5.98. The zero-order valence-corrected chi connectivity index (χ0v) is 13.1. The molecule has 5 nitrogen and oxygen atoms in total. The average molecular weight is 289 g/mol. The van der Waals surface area contributed by atoms with E-state index in [2.05, 4.69) is 40.4 Å². The number of fused-ring (bicyclic) bond motifs is 1. The molecule has 0 saturated carbocycles. The molecule has 1 saturated heterocycles. The summed E-state index contributed by atoms with van der Waals surface area (Å²) < 4.78 is 0. The van der Waals surface area contributed by atoms with Crippen LogP contribution in [0.25, 0.3) is 0 Å². The maximum atomic E-state index is 5.98. The minimum Gasteiger partial charge on any atom is -0.305 e. The lowest BCUT2D eigenvalue weighted by Gasteiger charge is -2.37. The molecule has 1 fully saturated rings. The van der Waals surface area contributed by atoms with Crippen LogP contribution in [0.5, 0.6) is 0 Å². The molecule has 116 valence electrons. The van der Waals surface area contributed by atoms with E-state index in [9.17, 15) is 0 Å². The lowest BCUT2D eigenvalue weighted by molar-refractivity contribution is 0.161. The van der Waals surface area contributed by atoms with E-state index in [1.807, 2.05) is 12.3 Å². The summed E-state index contributed by atoms with van der Waals surface area (Å²) >= 11 is 0.